The molecule has 9 heteroatoms. The van der Waals surface area contributed by atoms with Crippen molar-refractivity contribution in [1.82, 2.24) is 20.3 Å². The molecule has 1 heterocycles. The van der Waals surface area contributed by atoms with Crippen LogP contribution in [-0.2, 0) is 11.3 Å². The van der Waals surface area contributed by atoms with Crippen LogP contribution in [0.25, 0.3) is 11.0 Å². The highest BCUT2D eigenvalue weighted by Gasteiger charge is 2.18. The maximum absolute atomic E-state index is 13.2. The van der Waals surface area contributed by atoms with Crippen molar-refractivity contribution in [2.45, 2.75) is 32.9 Å². The van der Waals surface area contributed by atoms with Crippen LogP contribution in [0.2, 0.25) is 5.02 Å². The minimum absolute atomic E-state index is 0.0982. The van der Waals surface area contributed by atoms with E-state index >= 15 is 0 Å². The molecular formula is C19H19ClFN5O2. The van der Waals surface area contributed by atoms with Gasteiger partial charge in [-0.15, -0.1) is 5.10 Å². The van der Waals surface area contributed by atoms with Gasteiger partial charge in [-0.25, -0.2) is 9.07 Å². The maximum atomic E-state index is 13.2. The van der Waals surface area contributed by atoms with Gasteiger partial charge in [0.1, 0.15) is 17.4 Å². The number of rotatable bonds is 6. The van der Waals surface area contributed by atoms with E-state index in [1.165, 1.54) is 12.1 Å². The second-order valence-corrected chi connectivity index (χ2v) is 6.74. The highest BCUT2D eigenvalue weighted by molar-refractivity contribution is 6.31. The van der Waals surface area contributed by atoms with Crippen molar-refractivity contribution in [2.75, 3.05) is 5.32 Å². The van der Waals surface area contributed by atoms with Crippen LogP contribution in [0.4, 0.5) is 10.1 Å². The Balaban J connectivity index is 1.66. The third kappa shape index (κ3) is 4.28. The molecule has 0 fully saturated rings. The number of carbonyl (C=O) groups excluding carboxylic acids is 2. The van der Waals surface area contributed by atoms with Gasteiger partial charge in [0.15, 0.2) is 0 Å². The van der Waals surface area contributed by atoms with Crippen LogP contribution in [0.5, 0.6) is 0 Å². The van der Waals surface area contributed by atoms with Gasteiger partial charge in [0, 0.05) is 17.8 Å². The van der Waals surface area contributed by atoms with E-state index in [4.69, 9.17) is 11.6 Å². The fourth-order valence-corrected chi connectivity index (χ4v) is 2.84. The van der Waals surface area contributed by atoms with Gasteiger partial charge in [0.05, 0.1) is 10.5 Å². The molecule has 2 N–H and O–H groups in total. The summed E-state index contributed by atoms with van der Waals surface area (Å²) >= 11 is 5.70. The fraction of sp³-hybridized carbons (Fsp3) is 0.263. The first kappa shape index (κ1) is 19.8. The van der Waals surface area contributed by atoms with Gasteiger partial charge < -0.3 is 10.6 Å². The van der Waals surface area contributed by atoms with E-state index in [9.17, 15) is 14.0 Å². The van der Waals surface area contributed by atoms with Crippen molar-refractivity contribution >= 4 is 40.1 Å². The number of anilines is 1. The summed E-state index contributed by atoms with van der Waals surface area (Å²) < 4.78 is 15.0. The number of hydrogen-bond acceptors (Lipinski definition) is 4. The number of aromatic nitrogens is 3. The number of aryl methyl sites for hydroxylation is 1. The third-order valence-electron chi connectivity index (χ3n) is 4.14. The van der Waals surface area contributed by atoms with Crippen LogP contribution in [0.3, 0.4) is 0 Å². The summed E-state index contributed by atoms with van der Waals surface area (Å²) in [5, 5.41) is 13.3. The van der Waals surface area contributed by atoms with Gasteiger partial charge in [-0.2, -0.15) is 0 Å². The Kier molecular flexibility index (Phi) is 5.89. The fourth-order valence-electron chi connectivity index (χ4n) is 2.66. The lowest BCUT2D eigenvalue weighted by Crippen LogP contribution is -2.41. The predicted octanol–water partition coefficient (Wildman–Crippen LogP) is 3.39. The zero-order valence-corrected chi connectivity index (χ0v) is 16.1. The number of carbonyl (C=O) groups is 2. The van der Waals surface area contributed by atoms with Gasteiger partial charge in [0.25, 0.3) is 5.91 Å². The van der Waals surface area contributed by atoms with Gasteiger partial charge in [0.2, 0.25) is 5.91 Å². The van der Waals surface area contributed by atoms with Crippen LogP contribution in [0.1, 0.15) is 30.6 Å². The normalized spacial score (nSPS) is 12.0. The van der Waals surface area contributed by atoms with E-state index in [1.54, 1.807) is 29.8 Å². The molecule has 0 aliphatic heterocycles. The van der Waals surface area contributed by atoms with E-state index in [2.05, 4.69) is 20.9 Å². The molecule has 3 rings (SSSR count). The molecule has 0 radical (unpaired) electrons. The van der Waals surface area contributed by atoms with E-state index in [1.807, 2.05) is 6.92 Å². The molecular weight excluding hydrogens is 385 g/mol. The number of benzene rings is 2. The first-order chi connectivity index (χ1) is 13.4. The lowest BCUT2D eigenvalue weighted by Gasteiger charge is -2.14. The first-order valence-electron chi connectivity index (χ1n) is 8.79. The third-order valence-corrected chi connectivity index (χ3v) is 4.43. The molecule has 0 unspecified atom stereocenters. The zero-order chi connectivity index (χ0) is 20.3. The van der Waals surface area contributed by atoms with Gasteiger partial charge >= 0.3 is 0 Å². The van der Waals surface area contributed by atoms with E-state index in [0.717, 1.165) is 24.5 Å². The smallest absolute Gasteiger partial charge is 0.251 e. The SMILES string of the molecule is CCCn1nnc2cc(C(=O)N[C@@H](C)C(=O)Nc3ccc(F)c(Cl)c3)ccc21. The van der Waals surface area contributed by atoms with Crippen LogP contribution in [0.15, 0.2) is 36.4 Å². The molecule has 2 aromatic carbocycles. The molecule has 3 aromatic rings. The average Bonchev–Trinajstić information content (AvgIpc) is 3.07. The predicted molar refractivity (Wildman–Crippen MR) is 105 cm³/mol. The number of nitrogens with one attached hydrogen (secondary N) is 2. The van der Waals surface area contributed by atoms with Gasteiger partial charge in [-0.1, -0.05) is 23.7 Å². The van der Waals surface area contributed by atoms with Crippen molar-refractivity contribution < 1.29 is 14.0 Å². The Morgan fingerprint density at radius 3 is 2.75 bits per heavy atom. The van der Waals surface area contributed by atoms with E-state index < -0.39 is 23.7 Å². The number of fused-ring (bicyclic) bond motifs is 1. The van der Waals surface area contributed by atoms with E-state index in [0.29, 0.717) is 16.8 Å². The summed E-state index contributed by atoms with van der Waals surface area (Å²) in [5.74, 6) is -1.44. The van der Waals surface area contributed by atoms with Crippen LogP contribution < -0.4 is 10.6 Å². The van der Waals surface area contributed by atoms with Crippen LogP contribution in [-0.4, -0.2) is 32.9 Å². The molecule has 1 aromatic heterocycles. The Hall–Kier alpha value is -3.00. The molecule has 1 atom stereocenters. The second-order valence-electron chi connectivity index (χ2n) is 6.33. The Bertz CT molecular complexity index is 1040. The molecule has 7 nitrogen and oxygen atoms in total. The first-order valence-corrected chi connectivity index (χ1v) is 9.17. The van der Waals surface area contributed by atoms with E-state index in [-0.39, 0.29) is 5.02 Å². The largest absolute Gasteiger partial charge is 0.341 e. The minimum Gasteiger partial charge on any atom is -0.341 e. The molecule has 0 aliphatic carbocycles. The maximum Gasteiger partial charge on any atom is 0.251 e. The number of halogens is 2. The molecule has 0 spiro atoms. The Morgan fingerprint density at radius 1 is 1.25 bits per heavy atom. The van der Waals surface area contributed by atoms with Crippen molar-refractivity contribution in [3.63, 3.8) is 0 Å². The standard InChI is InChI=1S/C19H19ClFN5O2/c1-3-8-26-17-7-4-12(9-16(17)24-25-26)19(28)22-11(2)18(27)23-13-5-6-15(21)14(20)10-13/h4-7,9-11H,3,8H2,1-2H3,(H,22,28)(H,23,27)/t11-/m0/s1. The Labute approximate surface area is 165 Å². The Morgan fingerprint density at radius 2 is 2.04 bits per heavy atom. The molecule has 0 aliphatic rings. The summed E-state index contributed by atoms with van der Waals surface area (Å²) in [5.41, 5.74) is 2.17. The van der Waals surface area contributed by atoms with Crippen LogP contribution >= 0.6 is 11.6 Å². The second kappa shape index (κ2) is 8.35. The van der Waals surface area contributed by atoms with Crippen LogP contribution in [0, 0.1) is 5.82 Å². The summed E-state index contributed by atoms with van der Waals surface area (Å²) in [6, 6.07) is 8.11. The summed E-state index contributed by atoms with van der Waals surface area (Å²) in [4.78, 5) is 24.7. The van der Waals surface area contributed by atoms with Crippen molar-refractivity contribution in [3.05, 3.63) is 52.8 Å². The lowest BCUT2D eigenvalue weighted by atomic mass is 10.1. The van der Waals surface area contributed by atoms with Crippen molar-refractivity contribution in [3.8, 4) is 0 Å². The van der Waals surface area contributed by atoms with Gasteiger partial charge in [-0.05, 0) is 49.7 Å². The molecule has 28 heavy (non-hydrogen) atoms. The van der Waals surface area contributed by atoms with Crippen molar-refractivity contribution in [1.29, 1.82) is 0 Å². The zero-order valence-electron chi connectivity index (χ0n) is 15.4. The lowest BCUT2D eigenvalue weighted by molar-refractivity contribution is -0.117. The average molecular weight is 404 g/mol. The molecule has 2 amide bonds. The number of nitrogens with zero attached hydrogens (tertiary/aromatic N) is 3. The number of hydrogen-bond donors (Lipinski definition) is 2. The minimum atomic E-state index is -0.817. The molecule has 0 saturated carbocycles. The molecule has 0 bridgehead atoms. The highest BCUT2D eigenvalue weighted by atomic mass is 35.5. The topological polar surface area (TPSA) is 88.9 Å². The number of amides is 2. The summed E-state index contributed by atoms with van der Waals surface area (Å²) in [6.07, 6.45) is 0.923. The summed E-state index contributed by atoms with van der Waals surface area (Å²) in [7, 11) is 0. The monoisotopic (exact) mass is 403 g/mol. The molecule has 146 valence electrons. The summed E-state index contributed by atoms with van der Waals surface area (Å²) in [6.45, 7) is 4.34. The van der Waals surface area contributed by atoms with Crippen molar-refractivity contribution in [2.24, 2.45) is 0 Å². The quantitative estimate of drug-likeness (QED) is 0.660. The highest BCUT2D eigenvalue weighted by Crippen LogP contribution is 2.19. The molecule has 0 saturated heterocycles. The van der Waals surface area contributed by atoms with Gasteiger partial charge in [-0.3, -0.25) is 9.59 Å².